The minimum Gasteiger partial charge on any atom is -0.354 e. The molecule has 4 unspecified atom stereocenters. The molecule has 2 fully saturated rings. The normalized spacial score (nSPS) is 24.6. The number of nitrogens with one attached hydrogen (secondary N) is 3. The fourth-order valence-corrected chi connectivity index (χ4v) is 5.16. The maximum Gasteiger partial charge on any atom is 0.237 e. The van der Waals surface area contributed by atoms with Crippen molar-refractivity contribution in [3.8, 4) is 12.3 Å². The number of amides is 3. The Hall–Kier alpha value is -1.72. The van der Waals surface area contributed by atoms with Crippen LogP contribution in [0, 0.1) is 18.3 Å². The Balaban J connectivity index is 1.48. The molecule has 4 atom stereocenters. The maximum absolute atomic E-state index is 11.9. The number of thioether (sulfide) groups is 1. The number of carbonyl (C=O) groups excluding carboxylic acids is 3. The van der Waals surface area contributed by atoms with E-state index in [1.54, 1.807) is 0 Å². The summed E-state index contributed by atoms with van der Waals surface area (Å²) in [7, 11) is 0. The first kappa shape index (κ1) is 21.6. The van der Waals surface area contributed by atoms with Gasteiger partial charge in [-0.1, -0.05) is 6.42 Å². The molecular formula is C19H30N4O3S. The fraction of sp³-hybridized carbons (Fsp3) is 0.737. The van der Waals surface area contributed by atoms with Gasteiger partial charge in [-0.05, 0) is 30.9 Å². The van der Waals surface area contributed by atoms with Crippen LogP contribution in [0.25, 0.3) is 0 Å². The van der Waals surface area contributed by atoms with Crippen molar-refractivity contribution in [2.75, 3.05) is 18.8 Å². The topological polar surface area (TPSA) is 113 Å². The molecule has 2 rings (SSSR count). The van der Waals surface area contributed by atoms with Gasteiger partial charge in [-0.15, -0.1) is 12.3 Å². The third-order valence-electron chi connectivity index (χ3n) is 5.03. The first-order valence-corrected chi connectivity index (χ1v) is 10.7. The van der Waals surface area contributed by atoms with E-state index >= 15 is 0 Å². The van der Waals surface area contributed by atoms with E-state index in [-0.39, 0.29) is 17.7 Å². The number of nitrogens with two attached hydrogens (primary N) is 1. The minimum absolute atomic E-state index is 0.00741. The molecule has 2 aliphatic heterocycles. The van der Waals surface area contributed by atoms with E-state index in [9.17, 15) is 14.4 Å². The van der Waals surface area contributed by atoms with Crippen molar-refractivity contribution in [1.29, 1.82) is 0 Å². The van der Waals surface area contributed by atoms with Crippen molar-refractivity contribution in [2.24, 2.45) is 11.7 Å². The number of rotatable bonds is 11. The molecule has 0 bridgehead atoms. The molecule has 0 aliphatic carbocycles. The van der Waals surface area contributed by atoms with Gasteiger partial charge in [0.1, 0.15) is 0 Å². The Morgan fingerprint density at radius 2 is 2.11 bits per heavy atom. The van der Waals surface area contributed by atoms with Crippen molar-refractivity contribution in [3.05, 3.63) is 0 Å². The van der Waals surface area contributed by atoms with Crippen LogP contribution in [0.2, 0.25) is 0 Å². The lowest BCUT2D eigenvalue weighted by atomic mass is 9.97. The van der Waals surface area contributed by atoms with Gasteiger partial charge >= 0.3 is 0 Å². The van der Waals surface area contributed by atoms with Gasteiger partial charge in [0.25, 0.3) is 0 Å². The molecule has 0 spiro atoms. The van der Waals surface area contributed by atoms with Gasteiger partial charge in [0.2, 0.25) is 17.7 Å². The van der Waals surface area contributed by atoms with Gasteiger partial charge in [-0.2, -0.15) is 11.8 Å². The molecule has 2 aliphatic rings. The van der Waals surface area contributed by atoms with Crippen LogP contribution in [-0.4, -0.2) is 53.9 Å². The second-order valence-electron chi connectivity index (χ2n) is 7.17. The highest BCUT2D eigenvalue weighted by atomic mass is 32.2. The highest BCUT2D eigenvalue weighted by Crippen LogP contribution is 2.39. The fourth-order valence-electron chi connectivity index (χ4n) is 3.51. The summed E-state index contributed by atoms with van der Waals surface area (Å²) in [5.74, 6) is 3.93. The van der Waals surface area contributed by atoms with Gasteiger partial charge in [-0.25, -0.2) is 0 Å². The molecule has 0 aromatic carbocycles. The first-order valence-electron chi connectivity index (χ1n) is 9.65. The monoisotopic (exact) mass is 394 g/mol. The average molecular weight is 395 g/mol. The second kappa shape index (κ2) is 11.2. The number of fused-ring (bicyclic) bond motifs is 1. The van der Waals surface area contributed by atoms with Crippen LogP contribution in [0.1, 0.15) is 44.9 Å². The van der Waals surface area contributed by atoms with E-state index in [0.717, 1.165) is 25.0 Å². The quantitative estimate of drug-likeness (QED) is 0.294. The Bertz CT molecular complexity index is 578. The van der Waals surface area contributed by atoms with E-state index in [0.29, 0.717) is 56.0 Å². The van der Waals surface area contributed by atoms with Crippen molar-refractivity contribution in [1.82, 2.24) is 16.0 Å². The third-order valence-corrected chi connectivity index (χ3v) is 6.61. The molecule has 7 nitrogen and oxygen atoms in total. The van der Waals surface area contributed by atoms with Crippen LogP contribution in [-0.2, 0) is 14.4 Å². The number of terminal acetylenes is 1. The zero-order chi connectivity index (χ0) is 19.6. The Morgan fingerprint density at radius 3 is 2.89 bits per heavy atom. The van der Waals surface area contributed by atoms with Crippen molar-refractivity contribution in [2.45, 2.75) is 62.3 Å². The summed E-state index contributed by atoms with van der Waals surface area (Å²) in [6.45, 7) is 0.747. The Labute approximate surface area is 165 Å². The first-order chi connectivity index (χ1) is 13.0. The molecule has 0 radical (unpaired) electrons. The SMILES string of the molecule is C#CCCC(N)C(=O)NCCNC(=O)CCCCC1SCC2CC(=O)NC21. The van der Waals surface area contributed by atoms with Crippen molar-refractivity contribution in [3.63, 3.8) is 0 Å². The van der Waals surface area contributed by atoms with Gasteiger partial charge in [0.15, 0.2) is 0 Å². The van der Waals surface area contributed by atoms with Crippen molar-refractivity contribution >= 4 is 29.5 Å². The molecule has 150 valence electrons. The number of unbranched alkanes of at least 4 members (excludes halogenated alkanes) is 1. The van der Waals surface area contributed by atoms with E-state index in [1.807, 2.05) is 11.8 Å². The molecule has 8 heteroatoms. The molecule has 2 heterocycles. The summed E-state index contributed by atoms with van der Waals surface area (Å²) in [6, 6.07) is -0.276. The standard InChI is InChI=1S/C19H30N4O3S/c1-2-3-6-14(20)19(26)22-10-9-21-16(24)8-5-4-7-15-18-13(12-27-15)11-17(25)23-18/h1,13-15,18H,3-12,20H2,(H,21,24)(H,22,26)(H,23,25). The van der Waals surface area contributed by atoms with Crippen LogP contribution in [0.5, 0.6) is 0 Å². The van der Waals surface area contributed by atoms with Gasteiger partial charge in [0.05, 0.1) is 6.04 Å². The molecular weight excluding hydrogens is 364 g/mol. The lowest BCUT2D eigenvalue weighted by Gasteiger charge is -2.17. The van der Waals surface area contributed by atoms with Gasteiger partial charge in [0, 0.05) is 43.6 Å². The highest BCUT2D eigenvalue weighted by Gasteiger charge is 2.42. The molecule has 0 aromatic heterocycles. The highest BCUT2D eigenvalue weighted by molar-refractivity contribution is 8.00. The minimum atomic E-state index is -0.602. The summed E-state index contributed by atoms with van der Waals surface area (Å²) in [6.07, 6.45) is 10.1. The largest absolute Gasteiger partial charge is 0.354 e. The summed E-state index contributed by atoms with van der Waals surface area (Å²) < 4.78 is 0. The maximum atomic E-state index is 11.9. The predicted octanol–water partition coefficient (Wildman–Crippen LogP) is 0.140. The average Bonchev–Trinajstić information content (AvgIpc) is 3.19. The van der Waals surface area contributed by atoms with Crippen LogP contribution in [0.4, 0.5) is 0 Å². The van der Waals surface area contributed by atoms with E-state index < -0.39 is 6.04 Å². The second-order valence-corrected chi connectivity index (χ2v) is 8.44. The van der Waals surface area contributed by atoms with Crippen LogP contribution in [0.15, 0.2) is 0 Å². The van der Waals surface area contributed by atoms with Gasteiger partial charge < -0.3 is 21.7 Å². The number of carbonyl (C=O) groups is 3. The van der Waals surface area contributed by atoms with Crippen LogP contribution in [0.3, 0.4) is 0 Å². The van der Waals surface area contributed by atoms with E-state index in [1.165, 1.54) is 0 Å². The molecule has 0 aromatic rings. The van der Waals surface area contributed by atoms with Crippen molar-refractivity contribution < 1.29 is 14.4 Å². The van der Waals surface area contributed by atoms with Gasteiger partial charge in [-0.3, -0.25) is 14.4 Å². The molecule has 5 N–H and O–H groups in total. The lowest BCUT2D eigenvalue weighted by molar-refractivity contribution is -0.123. The summed E-state index contributed by atoms with van der Waals surface area (Å²) >= 11 is 1.95. The smallest absolute Gasteiger partial charge is 0.237 e. The third kappa shape index (κ3) is 7.07. The number of hydrogen-bond donors (Lipinski definition) is 4. The summed E-state index contributed by atoms with van der Waals surface area (Å²) in [5.41, 5.74) is 5.70. The molecule has 3 amide bonds. The molecule has 27 heavy (non-hydrogen) atoms. The molecule has 2 saturated heterocycles. The van der Waals surface area contributed by atoms with E-state index in [2.05, 4.69) is 21.9 Å². The Kier molecular flexibility index (Phi) is 8.95. The summed E-state index contributed by atoms with van der Waals surface area (Å²) in [4.78, 5) is 35.0. The van der Waals surface area contributed by atoms with Crippen LogP contribution >= 0.6 is 11.8 Å². The van der Waals surface area contributed by atoms with Crippen LogP contribution < -0.4 is 21.7 Å². The molecule has 0 saturated carbocycles. The number of hydrogen-bond acceptors (Lipinski definition) is 5. The zero-order valence-corrected chi connectivity index (χ0v) is 16.5. The Morgan fingerprint density at radius 1 is 1.33 bits per heavy atom. The lowest BCUT2D eigenvalue weighted by Crippen LogP contribution is -2.43. The summed E-state index contributed by atoms with van der Waals surface area (Å²) in [5, 5.41) is 9.06. The van der Waals surface area contributed by atoms with E-state index in [4.69, 9.17) is 12.2 Å². The predicted molar refractivity (Wildman–Crippen MR) is 107 cm³/mol. The zero-order valence-electron chi connectivity index (χ0n) is 15.7.